The van der Waals surface area contributed by atoms with Crippen molar-refractivity contribution in [2.24, 2.45) is 5.92 Å². The average molecular weight is 225 g/mol. The van der Waals surface area contributed by atoms with E-state index in [0.29, 0.717) is 13.2 Å². The number of aromatic amines is 1. The van der Waals surface area contributed by atoms with Crippen LogP contribution in [0.1, 0.15) is 23.5 Å². The summed E-state index contributed by atoms with van der Waals surface area (Å²) in [6.07, 6.45) is 2.54. The lowest BCUT2D eigenvalue weighted by atomic mass is 10.5. The molecule has 0 bridgehead atoms. The third kappa shape index (κ3) is 3.20. The summed E-state index contributed by atoms with van der Waals surface area (Å²) in [7, 11) is 0. The van der Waals surface area contributed by atoms with Gasteiger partial charge < -0.3 is 15.8 Å². The molecule has 0 radical (unpaired) electrons. The van der Waals surface area contributed by atoms with Crippen molar-refractivity contribution in [3.63, 3.8) is 0 Å². The number of aromatic nitrogens is 3. The quantitative estimate of drug-likeness (QED) is 0.568. The van der Waals surface area contributed by atoms with Crippen LogP contribution in [0.4, 0.5) is 5.95 Å². The van der Waals surface area contributed by atoms with E-state index in [-0.39, 0.29) is 17.7 Å². The van der Waals surface area contributed by atoms with Gasteiger partial charge in [-0.1, -0.05) is 0 Å². The minimum atomic E-state index is -0.320. The minimum Gasteiger partial charge on any atom is -0.379 e. The van der Waals surface area contributed by atoms with E-state index in [1.165, 1.54) is 12.8 Å². The molecule has 0 aliphatic heterocycles. The lowest BCUT2D eigenvalue weighted by Crippen LogP contribution is -2.28. The normalized spacial score (nSPS) is 15.0. The molecular formula is C9H15N5O2. The second-order valence-electron chi connectivity index (χ2n) is 3.82. The van der Waals surface area contributed by atoms with E-state index in [0.717, 1.165) is 12.5 Å². The molecule has 0 aromatic carbocycles. The van der Waals surface area contributed by atoms with E-state index in [2.05, 4.69) is 20.5 Å². The Morgan fingerprint density at radius 1 is 1.62 bits per heavy atom. The third-order valence-corrected chi connectivity index (χ3v) is 2.30. The topological polar surface area (TPSA) is 106 Å². The number of ether oxygens (including phenoxy) is 1. The molecule has 0 spiro atoms. The van der Waals surface area contributed by atoms with Crippen LogP contribution in [0.5, 0.6) is 0 Å². The van der Waals surface area contributed by atoms with Gasteiger partial charge in [0.25, 0.3) is 5.91 Å². The number of hydrogen-bond acceptors (Lipinski definition) is 5. The molecule has 1 aliphatic carbocycles. The van der Waals surface area contributed by atoms with Crippen molar-refractivity contribution in [2.45, 2.75) is 12.8 Å². The second kappa shape index (κ2) is 4.93. The zero-order valence-corrected chi connectivity index (χ0v) is 8.90. The Hall–Kier alpha value is -1.63. The molecule has 1 saturated carbocycles. The molecule has 4 N–H and O–H groups in total. The van der Waals surface area contributed by atoms with E-state index in [1.807, 2.05) is 0 Å². The lowest BCUT2D eigenvalue weighted by molar-refractivity contribution is 0.0897. The number of carbonyl (C=O) groups excluding carboxylic acids is 1. The molecule has 1 aromatic rings. The largest absolute Gasteiger partial charge is 0.379 e. The van der Waals surface area contributed by atoms with Crippen LogP contribution in [0.15, 0.2) is 0 Å². The predicted octanol–water partition coefficient (Wildman–Crippen LogP) is -0.457. The van der Waals surface area contributed by atoms with Gasteiger partial charge in [0.05, 0.1) is 6.61 Å². The Balaban J connectivity index is 1.59. The van der Waals surface area contributed by atoms with Gasteiger partial charge in [-0.25, -0.2) is 0 Å². The number of anilines is 1. The summed E-state index contributed by atoms with van der Waals surface area (Å²) in [6, 6.07) is 0. The van der Waals surface area contributed by atoms with Crippen LogP contribution in [0.3, 0.4) is 0 Å². The summed E-state index contributed by atoms with van der Waals surface area (Å²) in [5, 5.41) is 8.65. The Morgan fingerprint density at radius 2 is 2.44 bits per heavy atom. The zero-order chi connectivity index (χ0) is 11.4. The van der Waals surface area contributed by atoms with Gasteiger partial charge in [-0.2, -0.15) is 4.98 Å². The summed E-state index contributed by atoms with van der Waals surface area (Å²) in [6.45, 7) is 1.78. The highest BCUT2D eigenvalue weighted by Crippen LogP contribution is 2.28. The number of carbonyl (C=O) groups is 1. The third-order valence-electron chi connectivity index (χ3n) is 2.30. The first kappa shape index (κ1) is 10.9. The summed E-state index contributed by atoms with van der Waals surface area (Å²) in [5.74, 6) is 0.610. The molecule has 16 heavy (non-hydrogen) atoms. The summed E-state index contributed by atoms with van der Waals surface area (Å²) >= 11 is 0. The van der Waals surface area contributed by atoms with Gasteiger partial charge in [0.1, 0.15) is 0 Å². The van der Waals surface area contributed by atoms with Crippen LogP contribution in [-0.4, -0.2) is 40.8 Å². The number of amides is 1. The molecule has 2 rings (SSSR count). The molecule has 0 saturated heterocycles. The van der Waals surface area contributed by atoms with Crippen LogP contribution >= 0.6 is 0 Å². The summed E-state index contributed by atoms with van der Waals surface area (Å²) in [4.78, 5) is 15.1. The summed E-state index contributed by atoms with van der Waals surface area (Å²) in [5.41, 5.74) is 5.27. The molecule has 1 fully saturated rings. The van der Waals surface area contributed by atoms with E-state index < -0.39 is 0 Å². The number of nitrogens with two attached hydrogens (primary N) is 1. The number of nitrogens with one attached hydrogen (secondary N) is 2. The molecular weight excluding hydrogens is 210 g/mol. The smallest absolute Gasteiger partial charge is 0.288 e. The molecule has 1 heterocycles. The molecule has 0 unspecified atom stereocenters. The Bertz CT molecular complexity index is 361. The summed E-state index contributed by atoms with van der Waals surface area (Å²) < 4.78 is 5.36. The van der Waals surface area contributed by atoms with Gasteiger partial charge in [0.2, 0.25) is 11.8 Å². The SMILES string of the molecule is Nc1n[nH]c(C(=O)NCCOCC2CC2)n1. The van der Waals surface area contributed by atoms with Crippen molar-refractivity contribution in [3.05, 3.63) is 5.82 Å². The Morgan fingerprint density at radius 3 is 3.06 bits per heavy atom. The van der Waals surface area contributed by atoms with Crippen molar-refractivity contribution in [2.75, 3.05) is 25.5 Å². The van der Waals surface area contributed by atoms with Crippen molar-refractivity contribution in [1.82, 2.24) is 20.5 Å². The van der Waals surface area contributed by atoms with E-state index >= 15 is 0 Å². The molecule has 7 nitrogen and oxygen atoms in total. The van der Waals surface area contributed by atoms with Gasteiger partial charge in [-0.05, 0) is 18.8 Å². The van der Waals surface area contributed by atoms with Crippen LogP contribution in [0.2, 0.25) is 0 Å². The predicted molar refractivity (Wildman–Crippen MR) is 56.7 cm³/mol. The van der Waals surface area contributed by atoms with Gasteiger partial charge in [-0.15, -0.1) is 5.10 Å². The van der Waals surface area contributed by atoms with Gasteiger partial charge in [0.15, 0.2) is 0 Å². The van der Waals surface area contributed by atoms with Gasteiger partial charge in [-0.3, -0.25) is 9.89 Å². The number of nitrogens with zero attached hydrogens (tertiary/aromatic N) is 2. The Labute approximate surface area is 92.8 Å². The van der Waals surface area contributed by atoms with Crippen LogP contribution in [-0.2, 0) is 4.74 Å². The van der Waals surface area contributed by atoms with Gasteiger partial charge in [0, 0.05) is 13.2 Å². The maximum atomic E-state index is 11.4. The van der Waals surface area contributed by atoms with Crippen molar-refractivity contribution >= 4 is 11.9 Å². The first-order valence-corrected chi connectivity index (χ1v) is 5.29. The number of hydrogen-bond donors (Lipinski definition) is 3. The van der Waals surface area contributed by atoms with Crippen molar-refractivity contribution in [1.29, 1.82) is 0 Å². The molecule has 1 amide bonds. The second-order valence-corrected chi connectivity index (χ2v) is 3.82. The Kier molecular flexibility index (Phi) is 3.35. The monoisotopic (exact) mass is 225 g/mol. The number of H-pyrrole nitrogens is 1. The highest BCUT2D eigenvalue weighted by molar-refractivity contribution is 5.90. The molecule has 0 atom stereocenters. The molecule has 1 aliphatic rings. The van der Waals surface area contributed by atoms with Crippen LogP contribution < -0.4 is 11.1 Å². The first-order chi connectivity index (χ1) is 7.75. The minimum absolute atomic E-state index is 0.0649. The van der Waals surface area contributed by atoms with Gasteiger partial charge >= 0.3 is 0 Å². The standard InChI is InChI=1S/C9H15N5O2/c10-9-12-7(13-14-9)8(15)11-3-4-16-5-6-1-2-6/h6H,1-5H2,(H,11,15)(H3,10,12,13,14). The van der Waals surface area contributed by atoms with E-state index in [9.17, 15) is 4.79 Å². The maximum absolute atomic E-state index is 11.4. The average Bonchev–Trinajstić information content (AvgIpc) is 2.99. The first-order valence-electron chi connectivity index (χ1n) is 5.29. The fourth-order valence-corrected chi connectivity index (χ4v) is 1.23. The number of rotatable bonds is 6. The van der Waals surface area contributed by atoms with Crippen molar-refractivity contribution in [3.8, 4) is 0 Å². The van der Waals surface area contributed by atoms with Crippen LogP contribution in [0.25, 0.3) is 0 Å². The fourth-order valence-electron chi connectivity index (χ4n) is 1.23. The van der Waals surface area contributed by atoms with Crippen LogP contribution in [0, 0.1) is 5.92 Å². The van der Waals surface area contributed by atoms with Crippen molar-refractivity contribution < 1.29 is 9.53 Å². The highest BCUT2D eigenvalue weighted by atomic mass is 16.5. The fraction of sp³-hybridized carbons (Fsp3) is 0.667. The number of nitrogen functional groups attached to an aromatic ring is 1. The lowest BCUT2D eigenvalue weighted by Gasteiger charge is -2.03. The molecule has 88 valence electrons. The van der Waals surface area contributed by atoms with E-state index in [4.69, 9.17) is 10.5 Å². The zero-order valence-electron chi connectivity index (χ0n) is 8.90. The molecule has 1 aromatic heterocycles. The van der Waals surface area contributed by atoms with E-state index in [1.54, 1.807) is 0 Å². The molecule has 7 heteroatoms. The maximum Gasteiger partial charge on any atom is 0.288 e. The highest BCUT2D eigenvalue weighted by Gasteiger charge is 2.20.